The number of imide groups is 1. The summed E-state index contributed by atoms with van der Waals surface area (Å²) in [7, 11) is 0. The molecule has 1 aromatic heterocycles. The van der Waals surface area contributed by atoms with Crippen molar-refractivity contribution in [3.05, 3.63) is 15.5 Å². The van der Waals surface area contributed by atoms with E-state index in [-0.39, 0.29) is 6.42 Å². The molecule has 0 bridgehead atoms. The van der Waals surface area contributed by atoms with E-state index < -0.39 is 11.8 Å². The van der Waals surface area contributed by atoms with Gasteiger partial charge in [0.15, 0.2) is 4.47 Å². The fourth-order valence-electron chi connectivity index (χ4n) is 0.724. The van der Waals surface area contributed by atoms with Crippen LogP contribution < -0.4 is 5.32 Å². The van der Waals surface area contributed by atoms with Gasteiger partial charge in [-0.05, 0) is 0 Å². The van der Waals surface area contributed by atoms with Crippen LogP contribution in [0.4, 0.5) is 0 Å². The third-order valence-corrected chi connectivity index (χ3v) is 2.24. The third kappa shape index (κ3) is 3.23. The minimum atomic E-state index is -1.09. The Labute approximate surface area is 88.1 Å². The van der Waals surface area contributed by atoms with E-state index in [1.165, 1.54) is 11.3 Å². The number of amides is 2. The van der Waals surface area contributed by atoms with E-state index >= 15 is 0 Å². The lowest BCUT2D eigenvalue weighted by atomic mass is 10.3. The average Bonchev–Trinajstić information content (AvgIpc) is 2.50. The number of aromatic nitrogens is 1. The SMILES string of the molecule is O=[C]C(=O)NC(=O)Cc1csc(Cl)n1. The lowest BCUT2D eigenvalue weighted by Crippen LogP contribution is -2.32. The molecule has 0 atom stereocenters. The third-order valence-electron chi connectivity index (χ3n) is 1.21. The highest BCUT2D eigenvalue weighted by atomic mass is 35.5. The van der Waals surface area contributed by atoms with Crippen molar-refractivity contribution >= 4 is 41.0 Å². The second-order valence-corrected chi connectivity index (χ2v) is 3.69. The average molecular weight is 232 g/mol. The molecule has 2 amide bonds. The fraction of sp³-hybridized carbons (Fsp3) is 0.143. The zero-order valence-corrected chi connectivity index (χ0v) is 8.32. The van der Waals surface area contributed by atoms with E-state index in [0.717, 1.165) is 6.29 Å². The van der Waals surface area contributed by atoms with Crippen LogP contribution in [0.5, 0.6) is 0 Å². The fourth-order valence-corrected chi connectivity index (χ4v) is 1.51. The van der Waals surface area contributed by atoms with Crippen molar-refractivity contribution in [1.29, 1.82) is 0 Å². The van der Waals surface area contributed by atoms with Crippen molar-refractivity contribution in [1.82, 2.24) is 10.3 Å². The highest BCUT2D eigenvalue weighted by Crippen LogP contribution is 2.14. The van der Waals surface area contributed by atoms with Gasteiger partial charge in [0.2, 0.25) is 5.91 Å². The van der Waals surface area contributed by atoms with Crippen molar-refractivity contribution in [2.45, 2.75) is 6.42 Å². The number of nitrogens with one attached hydrogen (secondary N) is 1. The van der Waals surface area contributed by atoms with E-state index in [9.17, 15) is 14.4 Å². The van der Waals surface area contributed by atoms with Crippen LogP contribution >= 0.6 is 22.9 Å². The molecule has 73 valence electrons. The lowest BCUT2D eigenvalue weighted by Gasteiger charge is -1.95. The lowest BCUT2D eigenvalue weighted by molar-refractivity contribution is -0.126. The topological polar surface area (TPSA) is 76.1 Å². The second kappa shape index (κ2) is 4.83. The Balaban J connectivity index is 2.49. The van der Waals surface area contributed by atoms with Gasteiger partial charge in [-0.2, -0.15) is 0 Å². The standard InChI is InChI=1S/C7H4ClN2O3S/c8-7-9-4(3-14-7)1-5(12)10-6(13)2-11/h3H,1H2,(H,10,12,13). The molecule has 0 saturated heterocycles. The van der Waals surface area contributed by atoms with E-state index in [4.69, 9.17) is 11.6 Å². The molecule has 1 rings (SSSR count). The molecule has 0 aliphatic rings. The van der Waals surface area contributed by atoms with Crippen molar-refractivity contribution < 1.29 is 14.4 Å². The number of carbonyl (C=O) groups is 2. The van der Waals surface area contributed by atoms with E-state index in [2.05, 4.69) is 4.98 Å². The summed E-state index contributed by atoms with van der Waals surface area (Å²) in [4.78, 5) is 35.0. The summed E-state index contributed by atoms with van der Waals surface area (Å²) < 4.78 is 0.320. The minimum Gasteiger partial charge on any atom is -0.289 e. The summed E-state index contributed by atoms with van der Waals surface area (Å²) in [5.41, 5.74) is 0.455. The summed E-state index contributed by atoms with van der Waals surface area (Å²) in [5.74, 6) is -1.70. The number of hydrogen-bond acceptors (Lipinski definition) is 5. The summed E-state index contributed by atoms with van der Waals surface area (Å²) in [6, 6.07) is 0. The maximum atomic E-state index is 11.0. The van der Waals surface area contributed by atoms with Gasteiger partial charge in [0.1, 0.15) is 0 Å². The largest absolute Gasteiger partial charge is 0.302 e. The van der Waals surface area contributed by atoms with Crippen LogP contribution in [-0.4, -0.2) is 23.1 Å². The molecule has 1 N–H and O–H groups in total. The van der Waals surface area contributed by atoms with Gasteiger partial charge >= 0.3 is 5.91 Å². The zero-order valence-electron chi connectivity index (χ0n) is 6.74. The first kappa shape index (κ1) is 10.8. The highest BCUT2D eigenvalue weighted by Gasteiger charge is 2.10. The first-order valence-corrected chi connectivity index (χ1v) is 4.69. The molecule has 5 nitrogen and oxygen atoms in total. The van der Waals surface area contributed by atoms with Crippen LogP contribution in [0.1, 0.15) is 5.69 Å². The highest BCUT2D eigenvalue weighted by molar-refractivity contribution is 7.13. The molecule has 1 heterocycles. The summed E-state index contributed by atoms with van der Waals surface area (Å²) in [6.07, 6.45) is 0.935. The smallest absolute Gasteiger partial charge is 0.289 e. The van der Waals surface area contributed by atoms with Gasteiger partial charge < -0.3 is 0 Å². The zero-order chi connectivity index (χ0) is 10.6. The van der Waals surface area contributed by atoms with Crippen molar-refractivity contribution in [2.75, 3.05) is 0 Å². The summed E-state index contributed by atoms with van der Waals surface area (Å²) in [5, 5.41) is 3.40. The van der Waals surface area contributed by atoms with E-state index in [1.54, 1.807) is 5.38 Å². The Morgan fingerprint density at radius 3 is 2.86 bits per heavy atom. The van der Waals surface area contributed by atoms with Crippen LogP contribution in [0, 0.1) is 0 Å². The van der Waals surface area contributed by atoms with Gasteiger partial charge in [-0.25, -0.2) is 4.98 Å². The number of thiazole rings is 1. The minimum absolute atomic E-state index is 0.0867. The normalized spacial score (nSPS) is 9.50. The number of hydrogen-bond donors (Lipinski definition) is 1. The molecule has 14 heavy (non-hydrogen) atoms. The Morgan fingerprint density at radius 1 is 1.64 bits per heavy atom. The van der Waals surface area contributed by atoms with Crippen molar-refractivity contribution in [2.24, 2.45) is 0 Å². The predicted octanol–water partition coefficient (Wildman–Crippen LogP) is 0.0915. The Morgan fingerprint density at radius 2 is 2.36 bits per heavy atom. The maximum absolute atomic E-state index is 11.0. The molecular weight excluding hydrogens is 228 g/mol. The van der Waals surface area contributed by atoms with Gasteiger partial charge in [0.05, 0.1) is 12.1 Å². The number of halogens is 1. The summed E-state index contributed by atoms with van der Waals surface area (Å²) >= 11 is 6.71. The monoisotopic (exact) mass is 231 g/mol. The molecule has 0 spiro atoms. The molecule has 0 aromatic carbocycles. The quantitative estimate of drug-likeness (QED) is 0.748. The first-order valence-electron chi connectivity index (χ1n) is 3.43. The molecule has 1 aromatic rings. The van der Waals surface area contributed by atoms with Gasteiger partial charge in [-0.3, -0.25) is 19.7 Å². The van der Waals surface area contributed by atoms with Gasteiger partial charge in [0, 0.05) is 5.38 Å². The van der Waals surface area contributed by atoms with Crippen molar-refractivity contribution in [3.8, 4) is 0 Å². The van der Waals surface area contributed by atoms with Crippen LogP contribution in [0.3, 0.4) is 0 Å². The van der Waals surface area contributed by atoms with Gasteiger partial charge in [-0.1, -0.05) is 11.6 Å². The predicted molar refractivity (Wildman–Crippen MR) is 49.7 cm³/mol. The number of nitrogens with zero attached hydrogens (tertiary/aromatic N) is 1. The Hall–Kier alpha value is -1.27. The van der Waals surface area contributed by atoms with Gasteiger partial charge in [-0.15, -0.1) is 11.3 Å². The van der Waals surface area contributed by atoms with Crippen molar-refractivity contribution in [3.63, 3.8) is 0 Å². The van der Waals surface area contributed by atoms with Crippen LogP contribution in [-0.2, 0) is 20.8 Å². The molecule has 0 fully saturated rings. The maximum Gasteiger partial charge on any atom is 0.302 e. The summed E-state index contributed by atoms with van der Waals surface area (Å²) in [6.45, 7) is 0. The van der Waals surface area contributed by atoms with E-state index in [0.29, 0.717) is 10.2 Å². The Kier molecular flexibility index (Phi) is 3.73. The number of rotatable bonds is 3. The molecule has 0 aliphatic carbocycles. The molecule has 1 radical (unpaired) electrons. The van der Waals surface area contributed by atoms with Crippen LogP contribution in [0.25, 0.3) is 0 Å². The molecule has 7 heteroatoms. The Bertz CT molecular complexity index is 377. The van der Waals surface area contributed by atoms with Crippen LogP contribution in [0.2, 0.25) is 4.47 Å². The molecule has 0 saturated carbocycles. The molecule has 0 unspecified atom stereocenters. The van der Waals surface area contributed by atoms with E-state index in [1.807, 2.05) is 5.32 Å². The van der Waals surface area contributed by atoms with Gasteiger partial charge in [0.25, 0.3) is 6.29 Å². The van der Waals surface area contributed by atoms with Crippen LogP contribution in [0.15, 0.2) is 5.38 Å². The number of carbonyl (C=O) groups excluding carboxylic acids is 3. The second-order valence-electron chi connectivity index (χ2n) is 2.25. The molecule has 0 aliphatic heterocycles. The first-order chi connectivity index (χ1) is 6.61. The molecular formula is C7H4ClN2O3S.